The van der Waals surface area contributed by atoms with E-state index in [1.165, 1.54) is 6.20 Å². The van der Waals surface area contributed by atoms with Crippen LogP contribution in [0.1, 0.15) is 23.0 Å². The van der Waals surface area contributed by atoms with Crippen molar-refractivity contribution in [2.24, 2.45) is 0 Å². The molecule has 1 amide bonds. The maximum Gasteiger partial charge on any atom is 0.277 e. The number of hydrogen-bond acceptors (Lipinski definition) is 4. The molecule has 19 heavy (non-hydrogen) atoms. The lowest BCUT2D eigenvalue weighted by Crippen LogP contribution is -2.19. The maximum atomic E-state index is 12.2. The third-order valence-corrected chi connectivity index (χ3v) is 3.50. The predicted molar refractivity (Wildman–Crippen MR) is 76.9 cm³/mol. The SMILES string of the molecule is CCn1ncc(N)c1C(=O)Nc1cc(C)c(Br)cn1. The lowest BCUT2D eigenvalue weighted by molar-refractivity contribution is 0.101. The number of nitrogens with zero attached hydrogens (tertiary/aromatic N) is 3. The van der Waals surface area contributed by atoms with Gasteiger partial charge >= 0.3 is 0 Å². The van der Waals surface area contributed by atoms with Crippen molar-refractivity contribution in [2.45, 2.75) is 20.4 Å². The molecule has 0 unspecified atom stereocenters. The fourth-order valence-electron chi connectivity index (χ4n) is 1.67. The Morgan fingerprint density at radius 1 is 1.53 bits per heavy atom. The first-order valence-electron chi connectivity index (χ1n) is 5.77. The van der Waals surface area contributed by atoms with Crippen molar-refractivity contribution in [3.63, 3.8) is 0 Å². The number of amides is 1. The number of carbonyl (C=O) groups excluding carboxylic acids is 1. The monoisotopic (exact) mass is 323 g/mol. The molecule has 0 spiro atoms. The van der Waals surface area contributed by atoms with Gasteiger partial charge in [0.1, 0.15) is 11.5 Å². The number of nitrogen functional groups attached to an aromatic ring is 1. The summed E-state index contributed by atoms with van der Waals surface area (Å²) in [6, 6.07) is 1.78. The van der Waals surface area contributed by atoms with Gasteiger partial charge in [-0.1, -0.05) is 0 Å². The highest BCUT2D eigenvalue weighted by Gasteiger charge is 2.16. The van der Waals surface area contributed by atoms with E-state index < -0.39 is 0 Å². The second kappa shape index (κ2) is 5.40. The van der Waals surface area contributed by atoms with Gasteiger partial charge in [-0.2, -0.15) is 5.10 Å². The quantitative estimate of drug-likeness (QED) is 0.906. The van der Waals surface area contributed by atoms with Crippen LogP contribution in [-0.2, 0) is 6.54 Å². The van der Waals surface area contributed by atoms with Crippen LogP contribution >= 0.6 is 15.9 Å². The first-order chi connectivity index (χ1) is 9.02. The highest BCUT2D eigenvalue weighted by atomic mass is 79.9. The van der Waals surface area contributed by atoms with Crippen LogP contribution in [0.25, 0.3) is 0 Å². The minimum atomic E-state index is -0.314. The Balaban J connectivity index is 2.25. The van der Waals surface area contributed by atoms with Crippen molar-refractivity contribution >= 4 is 33.3 Å². The summed E-state index contributed by atoms with van der Waals surface area (Å²) in [5.74, 6) is 0.167. The third-order valence-electron chi connectivity index (χ3n) is 2.67. The smallest absolute Gasteiger partial charge is 0.277 e. The van der Waals surface area contributed by atoms with Gasteiger partial charge in [0.25, 0.3) is 5.91 Å². The zero-order valence-electron chi connectivity index (χ0n) is 10.6. The Morgan fingerprint density at radius 3 is 2.89 bits per heavy atom. The molecule has 0 fully saturated rings. The summed E-state index contributed by atoms with van der Waals surface area (Å²) in [5, 5.41) is 6.75. The zero-order valence-corrected chi connectivity index (χ0v) is 12.2. The molecule has 2 heterocycles. The van der Waals surface area contributed by atoms with E-state index in [4.69, 9.17) is 5.73 Å². The molecule has 3 N–H and O–H groups in total. The number of carbonyl (C=O) groups is 1. The van der Waals surface area contributed by atoms with Gasteiger partial charge in [0.2, 0.25) is 0 Å². The predicted octanol–water partition coefficient (Wildman–Crippen LogP) is 2.20. The molecular weight excluding hydrogens is 310 g/mol. The molecule has 0 aromatic carbocycles. The summed E-state index contributed by atoms with van der Waals surface area (Å²) in [4.78, 5) is 16.3. The van der Waals surface area contributed by atoms with Crippen LogP contribution in [0.2, 0.25) is 0 Å². The molecule has 2 aromatic rings. The highest BCUT2D eigenvalue weighted by Crippen LogP contribution is 2.18. The second-order valence-corrected chi connectivity index (χ2v) is 4.89. The number of hydrogen-bond donors (Lipinski definition) is 2. The molecule has 100 valence electrons. The van der Waals surface area contributed by atoms with Crippen LogP contribution in [0.4, 0.5) is 11.5 Å². The highest BCUT2D eigenvalue weighted by molar-refractivity contribution is 9.10. The molecule has 0 aliphatic rings. The summed E-state index contributed by atoms with van der Waals surface area (Å²) < 4.78 is 2.44. The minimum absolute atomic E-state index is 0.314. The minimum Gasteiger partial charge on any atom is -0.396 e. The van der Waals surface area contributed by atoms with E-state index in [-0.39, 0.29) is 5.91 Å². The normalized spacial score (nSPS) is 10.5. The number of halogens is 1. The maximum absolute atomic E-state index is 12.2. The van der Waals surface area contributed by atoms with Crippen molar-refractivity contribution in [3.05, 3.63) is 34.2 Å². The first kappa shape index (κ1) is 13.5. The Morgan fingerprint density at radius 2 is 2.26 bits per heavy atom. The van der Waals surface area contributed by atoms with Crippen LogP contribution in [0.3, 0.4) is 0 Å². The third kappa shape index (κ3) is 2.76. The Bertz CT molecular complexity index is 623. The van der Waals surface area contributed by atoms with Crippen molar-refractivity contribution in [1.29, 1.82) is 0 Å². The van der Waals surface area contributed by atoms with Crippen LogP contribution < -0.4 is 11.1 Å². The standard InChI is InChI=1S/C12H14BrN5O/c1-3-18-11(9(14)6-16-18)12(19)17-10-4-7(2)8(13)5-15-10/h4-6H,3,14H2,1-2H3,(H,15,17,19). The molecule has 0 aliphatic heterocycles. The average molecular weight is 324 g/mol. The molecule has 2 aromatic heterocycles. The number of aromatic nitrogens is 3. The number of rotatable bonds is 3. The molecule has 0 bridgehead atoms. The van der Waals surface area contributed by atoms with Crippen molar-refractivity contribution < 1.29 is 4.79 Å². The molecule has 0 aliphatic carbocycles. The molecule has 0 atom stereocenters. The van der Waals surface area contributed by atoms with Crippen molar-refractivity contribution in [1.82, 2.24) is 14.8 Å². The van der Waals surface area contributed by atoms with Crippen LogP contribution in [-0.4, -0.2) is 20.7 Å². The van der Waals surface area contributed by atoms with Gasteiger partial charge in [0.15, 0.2) is 0 Å². The first-order valence-corrected chi connectivity index (χ1v) is 6.57. The number of pyridine rings is 1. The molecule has 6 nitrogen and oxygen atoms in total. The fraction of sp³-hybridized carbons (Fsp3) is 0.250. The van der Waals surface area contributed by atoms with Gasteiger partial charge in [-0.05, 0) is 41.4 Å². The average Bonchev–Trinajstić information content (AvgIpc) is 2.75. The molecule has 2 rings (SSSR count). The van der Waals surface area contributed by atoms with Gasteiger partial charge in [-0.15, -0.1) is 0 Å². The van der Waals surface area contributed by atoms with E-state index in [1.807, 2.05) is 13.8 Å². The van der Waals surface area contributed by atoms with E-state index >= 15 is 0 Å². The number of nitrogens with one attached hydrogen (secondary N) is 1. The van der Waals surface area contributed by atoms with Crippen LogP contribution in [0.5, 0.6) is 0 Å². The zero-order chi connectivity index (χ0) is 14.0. The summed E-state index contributed by atoms with van der Waals surface area (Å²) >= 11 is 3.36. The van der Waals surface area contributed by atoms with Gasteiger partial charge in [-0.3, -0.25) is 9.48 Å². The largest absolute Gasteiger partial charge is 0.396 e. The van der Waals surface area contributed by atoms with E-state index in [0.717, 1.165) is 10.0 Å². The number of aryl methyl sites for hydroxylation is 2. The number of anilines is 2. The fourth-order valence-corrected chi connectivity index (χ4v) is 1.89. The lowest BCUT2D eigenvalue weighted by Gasteiger charge is -2.08. The van der Waals surface area contributed by atoms with E-state index in [9.17, 15) is 4.79 Å². The molecule has 0 saturated heterocycles. The summed E-state index contributed by atoms with van der Waals surface area (Å²) in [5.41, 5.74) is 7.45. The van der Waals surface area contributed by atoms with Gasteiger partial charge in [0.05, 0.1) is 11.9 Å². The van der Waals surface area contributed by atoms with Gasteiger partial charge in [-0.25, -0.2) is 4.98 Å². The van der Waals surface area contributed by atoms with Gasteiger partial charge < -0.3 is 11.1 Å². The summed E-state index contributed by atoms with van der Waals surface area (Å²) in [6.45, 7) is 4.39. The Hall–Kier alpha value is -1.89. The van der Waals surface area contributed by atoms with E-state index in [1.54, 1.807) is 16.9 Å². The molecule has 0 radical (unpaired) electrons. The summed E-state index contributed by atoms with van der Waals surface area (Å²) in [7, 11) is 0. The van der Waals surface area contributed by atoms with Crippen LogP contribution in [0.15, 0.2) is 22.9 Å². The number of nitrogens with two attached hydrogens (primary N) is 1. The van der Waals surface area contributed by atoms with E-state index in [2.05, 4.69) is 31.3 Å². The van der Waals surface area contributed by atoms with Crippen molar-refractivity contribution in [2.75, 3.05) is 11.1 Å². The molecule has 7 heteroatoms. The molecular formula is C12H14BrN5O. The summed E-state index contributed by atoms with van der Waals surface area (Å²) in [6.07, 6.45) is 3.12. The second-order valence-electron chi connectivity index (χ2n) is 4.04. The molecule has 0 saturated carbocycles. The van der Waals surface area contributed by atoms with Gasteiger partial charge in [0, 0.05) is 17.2 Å². The van der Waals surface area contributed by atoms with Crippen LogP contribution in [0, 0.1) is 6.92 Å². The Labute approximate surface area is 119 Å². The van der Waals surface area contributed by atoms with E-state index in [0.29, 0.717) is 23.7 Å². The Kier molecular flexibility index (Phi) is 3.84. The lowest BCUT2D eigenvalue weighted by atomic mass is 10.3. The van der Waals surface area contributed by atoms with Crippen molar-refractivity contribution in [3.8, 4) is 0 Å². The topological polar surface area (TPSA) is 85.8 Å².